The van der Waals surface area contributed by atoms with Gasteiger partial charge < -0.3 is 9.47 Å². The summed E-state index contributed by atoms with van der Waals surface area (Å²) in [5, 5.41) is 0. The molecule has 0 unspecified atom stereocenters. The first-order chi connectivity index (χ1) is 14.1. The van der Waals surface area contributed by atoms with Gasteiger partial charge in [0.1, 0.15) is 11.5 Å². The number of ketones is 1. The van der Waals surface area contributed by atoms with E-state index in [1.165, 1.54) is 12.8 Å². The number of hydrogen-bond acceptors (Lipinski definition) is 4. The van der Waals surface area contributed by atoms with E-state index in [0.717, 1.165) is 46.2 Å². The molecular formula is C25H27NO3. The summed E-state index contributed by atoms with van der Waals surface area (Å²) in [7, 11) is 3.31. The van der Waals surface area contributed by atoms with E-state index in [4.69, 9.17) is 9.47 Å². The molecule has 1 saturated heterocycles. The second kappa shape index (κ2) is 8.66. The number of nitrogens with zero attached hydrogens (tertiary/aromatic N) is 1. The van der Waals surface area contributed by atoms with Crippen LogP contribution in [0.25, 0.3) is 12.2 Å². The minimum atomic E-state index is 0.127. The van der Waals surface area contributed by atoms with E-state index >= 15 is 0 Å². The molecule has 0 radical (unpaired) electrons. The minimum Gasteiger partial charge on any atom is -0.497 e. The van der Waals surface area contributed by atoms with Gasteiger partial charge in [0, 0.05) is 30.8 Å². The highest BCUT2D eigenvalue weighted by Gasteiger charge is 2.30. The topological polar surface area (TPSA) is 38.8 Å². The molecule has 2 aliphatic rings. The summed E-state index contributed by atoms with van der Waals surface area (Å²) in [5.74, 6) is 2.50. The number of carbonyl (C=O) groups is 1. The molecule has 1 heterocycles. The molecule has 150 valence electrons. The summed E-state index contributed by atoms with van der Waals surface area (Å²) in [6.07, 6.45) is 6.61. The first kappa shape index (κ1) is 19.5. The molecule has 1 aliphatic carbocycles. The predicted octanol–water partition coefficient (Wildman–Crippen LogP) is 4.47. The van der Waals surface area contributed by atoms with Crippen LogP contribution in [0.1, 0.15) is 24.0 Å². The van der Waals surface area contributed by atoms with Gasteiger partial charge in [-0.1, -0.05) is 24.3 Å². The Morgan fingerprint density at radius 3 is 1.86 bits per heavy atom. The Bertz CT molecular complexity index is 887. The van der Waals surface area contributed by atoms with E-state index in [2.05, 4.69) is 4.90 Å². The number of likely N-dealkylation sites (tertiary alicyclic amines) is 1. The van der Waals surface area contributed by atoms with Gasteiger partial charge >= 0.3 is 0 Å². The van der Waals surface area contributed by atoms with Crippen LogP contribution in [0, 0.1) is 5.92 Å². The summed E-state index contributed by atoms with van der Waals surface area (Å²) in [6, 6.07) is 15.7. The normalized spacial score (nSPS) is 20.3. The number of piperidine rings is 1. The molecular weight excluding hydrogens is 362 g/mol. The molecule has 2 fully saturated rings. The van der Waals surface area contributed by atoms with Crippen LogP contribution in [0.4, 0.5) is 0 Å². The average molecular weight is 389 g/mol. The third-order valence-electron chi connectivity index (χ3n) is 5.45. The average Bonchev–Trinajstić information content (AvgIpc) is 3.55. The lowest BCUT2D eigenvalue weighted by atomic mass is 9.94. The van der Waals surface area contributed by atoms with E-state index in [0.29, 0.717) is 13.1 Å². The highest BCUT2D eigenvalue weighted by atomic mass is 16.5. The number of benzene rings is 2. The molecule has 2 aromatic carbocycles. The van der Waals surface area contributed by atoms with Crippen molar-refractivity contribution in [2.45, 2.75) is 12.8 Å². The van der Waals surface area contributed by atoms with Crippen LogP contribution in [0.3, 0.4) is 0 Å². The molecule has 29 heavy (non-hydrogen) atoms. The van der Waals surface area contributed by atoms with Gasteiger partial charge in [0.05, 0.1) is 14.2 Å². The minimum absolute atomic E-state index is 0.127. The molecule has 1 aliphatic heterocycles. The number of carbonyl (C=O) groups excluding carboxylic acids is 1. The van der Waals surface area contributed by atoms with Crippen molar-refractivity contribution in [2.75, 3.05) is 33.9 Å². The second-order valence-electron chi connectivity index (χ2n) is 7.83. The van der Waals surface area contributed by atoms with E-state index in [-0.39, 0.29) is 5.78 Å². The molecule has 0 N–H and O–H groups in total. The maximum absolute atomic E-state index is 13.3. The first-order valence-corrected chi connectivity index (χ1v) is 10.1. The van der Waals surface area contributed by atoms with Crippen molar-refractivity contribution >= 4 is 17.9 Å². The summed E-state index contributed by atoms with van der Waals surface area (Å²) < 4.78 is 10.7. The zero-order valence-electron chi connectivity index (χ0n) is 17.1. The largest absolute Gasteiger partial charge is 0.497 e. The Kier molecular flexibility index (Phi) is 5.81. The van der Waals surface area contributed by atoms with E-state index in [1.807, 2.05) is 60.7 Å². The van der Waals surface area contributed by atoms with Crippen LogP contribution >= 0.6 is 0 Å². The van der Waals surface area contributed by atoms with Gasteiger partial charge in [-0.25, -0.2) is 0 Å². The quantitative estimate of drug-likeness (QED) is 0.684. The third-order valence-corrected chi connectivity index (χ3v) is 5.45. The lowest BCUT2D eigenvalue weighted by molar-refractivity contribution is -0.113. The maximum Gasteiger partial charge on any atom is 0.187 e. The van der Waals surface area contributed by atoms with Crippen molar-refractivity contribution in [2.24, 2.45) is 5.92 Å². The molecule has 0 spiro atoms. The van der Waals surface area contributed by atoms with Crippen LogP contribution in [-0.2, 0) is 4.79 Å². The second-order valence-corrected chi connectivity index (χ2v) is 7.83. The molecule has 4 rings (SSSR count). The van der Waals surface area contributed by atoms with Crippen molar-refractivity contribution < 1.29 is 14.3 Å². The molecule has 0 atom stereocenters. The lowest BCUT2D eigenvalue weighted by Gasteiger charge is -2.30. The Hall–Kier alpha value is -2.85. The predicted molar refractivity (Wildman–Crippen MR) is 116 cm³/mol. The van der Waals surface area contributed by atoms with Crippen LogP contribution in [-0.4, -0.2) is 44.5 Å². The van der Waals surface area contributed by atoms with Gasteiger partial charge in [-0.15, -0.1) is 0 Å². The number of rotatable bonds is 6. The Labute approximate surface area is 172 Å². The molecule has 4 nitrogen and oxygen atoms in total. The Morgan fingerprint density at radius 2 is 1.41 bits per heavy atom. The fourth-order valence-electron chi connectivity index (χ4n) is 3.77. The summed E-state index contributed by atoms with van der Waals surface area (Å²) >= 11 is 0. The van der Waals surface area contributed by atoms with Gasteiger partial charge in [0.25, 0.3) is 0 Å². The number of methoxy groups -OCH3 is 2. The maximum atomic E-state index is 13.3. The van der Waals surface area contributed by atoms with Crippen LogP contribution < -0.4 is 9.47 Å². The molecule has 4 heteroatoms. The Morgan fingerprint density at radius 1 is 0.897 bits per heavy atom. The SMILES string of the molecule is COc1cccc(/C=C2/CN(CC3CC3)C/C(=C\c3cccc(OC)c3)C2=O)c1. The zero-order valence-corrected chi connectivity index (χ0v) is 17.1. The smallest absolute Gasteiger partial charge is 0.187 e. The van der Waals surface area contributed by atoms with E-state index < -0.39 is 0 Å². The molecule has 0 amide bonds. The summed E-state index contributed by atoms with van der Waals surface area (Å²) in [6.45, 7) is 2.45. The van der Waals surface area contributed by atoms with Crippen molar-refractivity contribution in [3.63, 3.8) is 0 Å². The fourth-order valence-corrected chi connectivity index (χ4v) is 3.77. The Balaban J connectivity index is 1.65. The number of hydrogen-bond donors (Lipinski definition) is 0. The van der Waals surface area contributed by atoms with Crippen molar-refractivity contribution in [1.82, 2.24) is 4.90 Å². The van der Waals surface area contributed by atoms with Gasteiger partial charge in [-0.2, -0.15) is 0 Å². The lowest BCUT2D eigenvalue weighted by Crippen LogP contribution is -2.38. The van der Waals surface area contributed by atoms with Crippen molar-refractivity contribution in [1.29, 1.82) is 0 Å². The van der Waals surface area contributed by atoms with Gasteiger partial charge in [0.2, 0.25) is 0 Å². The first-order valence-electron chi connectivity index (χ1n) is 10.1. The summed E-state index contributed by atoms with van der Waals surface area (Å²) in [5.41, 5.74) is 3.64. The van der Waals surface area contributed by atoms with E-state index in [1.54, 1.807) is 14.2 Å². The van der Waals surface area contributed by atoms with Crippen LogP contribution in [0.5, 0.6) is 11.5 Å². The standard InChI is InChI=1S/C25H27NO3/c1-28-23-7-3-5-19(13-23)11-21-16-26(15-18-9-10-18)17-22(25(21)27)12-20-6-4-8-24(14-20)29-2/h3-8,11-14,18H,9-10,15-17H2,1-2H3/b21-11-,22-12+. The van der Waals surface area contributed by atoms with Gasteiger partial charge in [-0.05, 0) is 66.3 Å². The van der Waals surface area contributed by atoms with E-state index in [9.17, 15) is 4.79 Å². The zero-order chi connectivity index (χ0) is 20.2. The molecule has 2 aromatic rings. The van der Waals surface area contributed by atoms with Crippen molar-refractivity contribution in [3.05, 3.63) is 70.8 Å². The third kappa shape index (κ3) is 4.96. The van der Waals surface area contributed by atoms with Crippen LogP contribution in [0.2, 0.25) is 0 Å². The highest BCUT2D eigenvalue weighted by molar-refractivity contribution is 6.14. The van der Waals surface area contributed by atoms with Gasteiger partial charge in [-0.3, -0.25) is 9.69 Å². The molecule has 0 aromatic heterocycles. The number of Topliss-reactive ketones (excluding diaryl/α,β-unsaturated/α-hetero) is 1. The molecule has 1 saturated carbocycles. The van der Waals surface area contributed by atoms with Crippen molar-refractivity contribution in [3.8, 4) is 11.5 Å². The fraction of sp³-hybridized carbons (Fsp3) is 0.320. The summed E-state index contributed by atoms with van der Waals surface area (Å²) in [4.78, 5) is 15.7. The number of ether oxygens (including phenoxy) is 2. The van der Waals surface area contributed by atoms with Crippen LogP contribution in [0.15, 0.2) is 59.7 Å². The molecule has 0 bridgehead atoms. The monoisotopic (exact) mass is 389 g/mol. The highest BCUT2D eigenvalue weighted by Crippen LogP contribution is 2.32. The van der Waals surface area contributed by atoms with Gasteiger partial charge in [0.15, 0.2) is 5.78 Å².